The first-order chi connectivity index (χ1) is 16.5. The number of nitro groups is 1. The van der Waals surface area contributed by atoms with Crippen LogP contribution in [-0.4, -0.2) is 22.4 Å². The van der Waals surface area contributed by atoms with Crippen LogP contribution in [0.15, 0.2) is 65.2 Å². The number of hydrogen-bond acceptors (Lipinski definition) is 8. The maximum Gasteiger partial charge on any atom is 0.315 e. The number of allylic oxidation sites excluding steroid dienone is 1. The second-order valence-electron chi connectivity index (χ2n) is 8.26. The monoisotopic (exact) mass is 477 g/mol. The number of Topliss-reactive ketones (excluding diaryl/α,β-unsaturated/α-hetero) is 1. The highest BCUT2D eigenvalue weighted by Gasteiger charge is 2.37. The molecule has 3 N–H and O–H groups in total. The molecule has 0 amide bonds. The minimum absolute atomic E-state index is 0.0147. The van der Waals surface area contributed by atoms with Gasteiger partial charge in [-0.1, -0.05) is 18.2 Å². The minimum Gasteiger partial charge on any atom is -0.500 e. The van der Waals surface area contributed by atoms with E-state index in [1.54, 1.807) is 24.3 Å². The van der Waals surface area contributed by atoms with Crippen LogP contribution in [0.2, 0.25) is 0 Å². The minimum atomic E-state index is -0.651. The molecule has 0 fully saturated rings. The molecule has 3 aromatic rings. The second-order valence-corrected chi connectivity index (χ2v) is 9.24. The number of hydrogen-bond donors (Lipinski definition) is 3. The van der Waals surface area contributed by atoms with Crippen molar-refractivity contribution in [1.29, 1.82) is 0 Å². The molecule has 34 heavy (non-hydrogen) atoms. The standard InChI is InChI=1S/C25H23N3O5S/c1-2-33-21-13-15(11-19(25(21)30)28(31)32)24-23-18(26-16-6-3-4-7-17(16)27-24)10-14(12-20(23)29)22-8-5-9-34-22/h3-9,11,13-14,24,26-27,30H,2,10,12H2,1H3/t14-,24+/m1/s1. The van der Waals surface area contributed by atoms with Crippen molar-refractivity contribution >= 4 is 34.2 Å². The van der Waals surface area contributed by atoms with Crippen molar-refractivity contribution in [3.05, 3.63) is 85.7 Å². The molecule has 0 radical (unpaired) electrons. The van der Waals surface area contributed by atoms with Crippen molar-refractivity contribution < 1.29 is 19.6 Å². The Balaban J connectivity index is 1.67. The third kappa shape index (κ3) is 3.88. The Morgan fingerprint density at radius 3 is 2.68 bits per heavy atom. The molecule has 1 aliphatic heterocycles. The van der Waals surface area contributed by atoms with Gasteiger partial charge in [0.15, 0.2) is 11.5 Å². The molecule has 9 heteroatoms. The maximum absolute atomic E-state index is 13.6. The van der Waals surface area contributed by atoms with Crippen LogP contribution < -0.4 is 15.4 Å². The molecule has 2 aromatic carbocycles. The van der Waals surface area contributed by atoms with Gasteiger partial charge in [-0.15, -0.1) is 11.3 Å². The lowest BCUT2D eigenvalue weighted by atomic mass is 9.80. The van der Waals surface area contributed by atoms with Crippen LogP contribution in [0.1, 0.15) is 42.2 Å². The van der Waals surface area contributed by atoms with Crippen molar-refractivity contribution in [2.24, 2.45) is 0 Å². The van der Waals surface area contributed by atoms with Crippen molar-refractivity contribution in [3.8, 4) is 11.5 Å². The number of anilines is 2. The molecular formula is C25H23N3O5S. The number of carbonyl (C=O) groups excluding carboxylic acids is 1. The number of fused-ring (bicyclic) bond motifs is 1. The van der Waals surface area contributed by atoms with E-state index in [0.29, 0.717) is 24.0 Å². The molecule has 5 rings (SSSR count). The van der Waals surface area contributed by atoms with E-state index >= 15 is 0 Å². The number of ether oxygens (including phenoxy) is 1. The van der Waals surface area contributed by atoms with Gasteiger partial charge in [0.1, 0.15) is 0 Å². The van der Waals surface area contributed by atoms with Gasteiger partial charge in [-0.2, -0.15) is 0 Å². The van der Waals surface area contributed by atoms with Gasteiger partial charge in [0, 0.05) is 34.6 Å². The summed E-state index contributed by atoms with van der Waals surface area (Å²) in [5.74, 6) is -0.463. The summed E-state index contributed by atoms with van der Waals surface area (Å²) in [4.78, 5) is 25.8. The number of nitrogens with one attached hydrogen (secondary N) is 2. The number of thiophene rings is 1. The number of benzene rings is 2. The molecule has 1 aliphatic carbocycles. The van der Waals surface area contributed by atoms with Gasteiger partial charge in [0.05, 0.1) is 28.9 Å². The Hall–Kier alpha value is -3.85. The van der Waals surface area contributed by atoms with Crippen LogP contribution in [-0.2, 0) is 4.79 Å². The first-order valence-corrected chi connectivity index (χ1v) is 11.9. The molecular weight excluding hydrogens is 454 g/mol. The number of nitrogens with zero attached hydrogens (tertiary/aromatic N) is 1. The molecule has 0 spiro atoms. The average molecular weight is 478 g/mol. The lowest BCUT2D eigenvalue weighted by molar-refractivity contribution is -0.386. The number of para-hydroxylation sites is 2. The Bertz CT molecular complexity index is 1300. The first kappa shape index (κ1) is 22.0. The van der Waals surface area contributed by atoms with Gasteiger partial charge in [-0.05, 0) is 48.6 Å². The summed E-state index contributed by atoms with van der Waals surface area (Å²) in [6.07, 6.45) is 1.00. The number of phenolic OH excluding ortho intramolecular Hbond substituents is 1. The smallest absolute Gasteiger partial charge is 0.315 e. The Morgan fingerprint density at radius 2 is 1.97 bits per heavy atom. The number of phenols is 1. The van der Waals surface area contributed by atoms with Crippen LogP contribution in [0.3, 0.4) is 0 Å². The van der Waals surface area contributed by atoms with E-state index < -0.39 is 22.4 Å². The lowest BCUT2D eigenvalue weighted by Gasteiger charge is -2.29. The molecule has 2 atom stereocenters. The SMILES string of the molecule is CCOc1cc([C@@H]2Nc3ccccc3NC3=C2C(=O)C[C@H](c2cccs2)C3)cc([N+](=O)[O-])c1O. The van der Waals surface area contributed by atoms with E-state index in [1.807, 2.05) is 41.8 Å². The van der Waals surface area contributed by atoms with Gasteiger partial charge >= 0.3 is 5.69 Å². The average Bonchev–Trinajstić information content (AvgIpc) is 3.29. The Kier molecular flexibility index (Phi) is 5.70. The molecule has 0 unspecified atom stereocenters. The zero-order valence-corrected chi connectivity index (χ0v) is 19.2. The lowest BCUT2D eigenvalue weighted by Crippen LogP contribution is -2.26. The van der Waals surface area contributed by atoms with Gasteiger partial charge in [0.2, 0.25) is 5.75 Å². The third-order valence-corrected chi connectivity index (χ3v) is 7.20. The molecule has 0 saturated carbocycles. The molecule has 2 heterocycles. The fourth-order valence-electron chi connectivity index (χ4n) is 4.65. The van der Waals surface area contributed by atoms with Crippen LogP contribution in [0.5, 0.6) is 11.5 Å². The molecule has 8 nitrogen and oxygen atoms in total. The third-order valence-electron chi connectivity index (χ3n) is 6.16. The van der Waals surface area contributed by atoms with Gasteiger partial charge < -0.3 is 20.5 Å². The van der Waals surface area contributed by atoms with Gasteiger partial charge in [-0.25, -0.2) is 0 Å². The highest BCUT2D eigenvalue weighted by Crippen LogP contribution is 2.47. The summed E-state index contributed by atoms with van der Waals surface area (Å²) in [7, 11) is 0. The van der Waals surface area contributed by atoms with Crippen molar-refractivity contribution in [3.63, 3.8) is 0 Å². The highest BCUT2D eigenvalue weighted by molar-refractivity contribution is 7.10. The largest absolute Gasteiger partial charge is 0.500 e. The van der Waals surface area contributed by atoms with E-state index in [0.717, 1.165) is 21.9 Å². The number of rotatable bonds is 5. The number of carbonyl (C=O) groups is 1. The van der Waals surface area contributed by atoms with Crippen molar-refractivity contribution in [1.82, 2.24) is 0 Å². The van der Waals surface area contributed by atoms with E-state index in [-0.39, 0.29) is 24.1 Å². The van der Waals surface area contributed by atoms with Crippen molar-refractivity contribution in [2.45, 2.75) is 31.7 Å². The second kappa shape index (κ2) is 8.83. The highest BCUT2D eigenvalue weighted by atomic mass is 32.1. The summed E-state index contributed by atoms with van der Waals surface area (Å²) < 4.78 is 5.49. The first-order valence-electron chi connectivity index (χ1n) is 11.0. The zero-order chi connectivity index (χ0) is 23.8. The summed E-state index contributed by atoms with van der Waals surface area (Å²) in [5.41, 5.74) is 2.96. The zero-order valence-electron chi connectivity index (χ0n) is 18.4. The molecule has 1 aromatic heterocycles. The van der Waals surface area contributed by atoms with Crippen LogP contribution in [0.4, 0.5) is 17.1 Å². The van der Waals surface area contributed by atoms with E-state index in [4.69, 9.17) is 4.74 Å². The van der Waals surface area contributed by atoms with Crippen molar-refractivity contribution in [2.75, 3.05) is 17.2 Å². The number of aromatic hydroxyl groups is 1. The Labute approximate surface area is 200 Å². The predicted molar refractivity (Wildman–Crippen MR) is 131 cm³/mol. The molecule has 2 aliphatic rings. The van der Waals surface area contributed by atoms with Gasteiger partial charge in [0.25, 0.3) is 0 Å². The topological polar surface area (TPSA) is 114 Å². The summed E-state index contributed by atoms with van der Waals surface area (Å²) in [6, 6.07) is 13.9. The van der Waals surface area contributed by atoms with Crippen LogP contribution >= 0.6 is 11.3 Å². The van der Waals surface area contributed by atoms with Gasteiger partial charge in [-0.3, -0.25) is 14.9 Å². The Morgan fingerprint density at radius 1 is 1.18 bits per heavy atom. The van der Waals surface area contributed by atoms with E-state index in [2.05, 4.69) is 10.6 Å². The van der Waals surface area contributed by atoms with E-state index in [9.17, 15) is 20.0 Å². The quantitative estimate of drug-likeness (QED) is 0.317. The molecule has 0 saturated heterocycles. The molecule has 0 bridgehead atoms. The summed E-state index contributed by atoms with van der Waals surface area (Å²) >= 11 is 1.64. The maximum atomic E-state index is 13.6. The van der Waals surface area contributed by atoms with Crippen LogP contribution in [0, 0.1) is 10.1 Å². The summed E-state index contributed by atoms with van der Waals surface area (Å²) in [6.45, 7) is 1.96. The normalized spacial score (nSPS) is 19.4. The fraction of sp³-hybridized carbons (Fsp3) is 0.240. The molecule has 174 valence electrons. The number of nitro benzene ring substituents is 1. The van der Waals surface area contributed by atoms with E-state index in [1.165, 1.54) is 6.07 Å². The van der Waals surface area contributed by atoms with Crippen LogP contribution in [0.25, 0.3) is 0 Å². The summed E-state index contributed by atoms with van der Waals surface area (Å²) in [5, 5.41) is 30.9. The fourth-order valence-corrected chi connectivity index (χ4v) is 5.48. The number of ketones is 1. The predicted octanol–water partition coefficient (Wildman–Crippen LogP) is 5.74.